The Morgan fingerprint density at radius 3 is 2.37 bits per heavy atom. The number of carbonyl (C=O) groups excluding carboxylic acids is 1. The zero-order valence-corrected chi connectivity index (χ0v) is 11.3. The number of nitrogens with one attached hydrogen (secondary N) is 2. The van der Waals surface area contributed by atoms with Crippen molar-refractivity contribution in [1.82, 2.24) is 15.5 Å². The summed E-state index contributed by atoms with van der Waals surface area (Å²) in [4.78, 5) is 25.1. The number of urea groups is 1. The van der Waals surface area contributed by atoms with Gasteiger partial charge in [0.2, 0.25) is 0 Å². The minimum absolute atomic E-state index is 0.0326. The smallest absolute Gasteiger partial charge is 0.317 e. The maximum Gasteiger partial charge on any atom is 0.317 e. The molecule has 2 rings (SSSR count). The van der Waals surface area contributed by atoms with Gasteiger partial charge in [0.25, 0.3) is 0 Å². The summed E-state index contributed by atoms with van der Waals surface area (Å²) in [7, 11) is 0. The molecule has 1 heterocycles. The largest absolute Gasteiger partial charge is 0.481 e. The van der Waals surface area contributed by atoms with Crippen LogP contribution >= 0.6 is 0 Å². The molecule has 1 aliphatic carbocycles. The fraction of sp³-hybridized carbons (Fsp3) is 0.846. The van der Waals surface area contributed by atoms with Crippen LogP contribution in [-0.2, 0) is 4.79 Å². The third-order valence-corrected chi connectivity index (χ3v) is 4.08. The molecule has 3 N–H and O–H groups in total. The monoisotopic (exact) mass is 269 g/mol. The van der Waals surface area contributed by atoms with Gasteiger partial charge in [-0.1, -0.05) is 19.3 Å². The molecule has 1 aliphatic heterocycles. The van der Waals surface area contributed by atoms with E-state index in [0.717, 1.165) is 45.2 Å². The van der Waals surface area contributed by atoms with Crippen molar-refractivity contribution in [3.8, 4) is 0 Å². The normalized spacial score (nSPS) is 22.8. The zero-order valence-electron chi connectivity index (χ0n) is 11.3. The minimum Gasteiger partial charge on any atom is -0.481 e. The van der Waals surface area contributed by atoms with Crippen LogP contribution in [0.15, 0.2) is 0 Å². The van der Waals surface area contributed by atoms with Gasteiger partial charge in [-0.25, -0.2) is 4.79 Å². The summed E-state index contributed by atoms with van der Waals surface area (Å²) >= 11 is 0. The second kappa shape index (κ2) is 6.23. The summed E-state index contributed by atoms with van der Waals surface area (Å²) in [5.74, 6) is -0.831. The highest BCUT2D eigenvalue weighted by Crippen LogP contribution is 2.31. The van der Waals surface area contributed by atoms with Gasteiger partial charge in [-0.05, 0) is 12.8 Å². The van der Waals surface area contributed by atoms with Gasteiger partial charge in [0.1, 0.15) is 0 Å². The molecule has 0 aromatic rings. The van der Waals surface area contributed by atoms with Gasteiger partial charge in [0, 0.05) is 26.2 Å². The van der Waals surface area contributed by atoms with Gasteiger partial charge in [0.15, 0.2) is 0 Å². The van der Waals surface area contributed by atoms with E-state index in [1.54, 1.807) is 4.90 Å². The molecule has 0 atom stereocenters. The van der Waals surface area contributed by atoms with Crippen molar-refractivity contribution in [1.29, 1.82) is 0 Å². The predicted octanol–water partition coefficient (Wildman–Crippen LogP) is 0.779. The Labute approximate surface area is 113 Å². The number of amides is 2. The lowest BCUT2D eigenvalue weighted by Gasteiger charge is -2.39. The van der Waals surface area contributed by atoms with Crippen LogP contribution in [0.25, 0.3) is 0 Å². The Kier molecular flexibility index (Phi) is 4.63. The average Bonchev–Trinajstić information content (AvgIpc) is 2.39. The first kappa shape index (κ1) is 14.1. The first-order chi connectivity index (χ1) is 9.11. The summed E-state index contributed by atoms with van der Waals surface area (Å²) in [6, 6.07) is -0.107. The number of hydrogen-bond acceptors (Lipinski definition) is 3. The number of aliphatic carboxylic acids is 1. The average molecular weight is 269 g/mol. The van der Waals surface area contributed by atoms with E-state index in [4.69, 9.17) is 5.11 Å². The Morgan fingerprint density at radius 1 is 1.16 bits per heavy atom. The minimum atomic E-state index is -0.831. The summed E-state index contributed by atoms with van der Waals surface area (Å²) in [5.41, 5.74) is -0.536. The van der Waals surface area contributed by atoms with Crippen molar-refractivity contribution in [3.05, 3.63) is 0 Å². The third kappa shape index (κ3) is 3.83. The lowest BCUT2D eigenvalue weighted by atomic mass is 9.79. The lowest BCUT2D eigenvalue weighted by Crippen LogP contribution is -2.58. The van der Waals surface area contributed by atoms with Crippen molar-refractivity contribution >= 4 is 12.0 Å². The zero-order chi connectivity index (χ0) is 13.7. The van der Waals surface area contributed by atoms with Crippen LogP contribution in [-0.4, -0.2) is 53.7 Å². The molecule has 0 bridgehead atoms. The number of carboxylic acid groups (broad SMARTS) is 1. The first-order valence-electron chi connectivity index (χ1n) is 7.11. The molecule has 108 valence electrons. The molecule has 0 aromatic carbocycles. The fourth-order valence-corrected chi connectivity index (χ4v) is 3.04. The Morgan fingerprint density at radius 2 is 1.79 bits per heavy atom. The summed E-state index contributed by atoms with van der Waals surface area (Å²) in [6.45, 7) is 2.99. The van der Waals surface area contributed by atoms with Crippen LogP contribution in [0.3, 0.4) is 0 Å². The standard InChI is InChI=1S/C13H23N3O3/c17-11(18)10-13(4-2-1-3-5-13)15-12(19)16-8-6-14-7-9-16/h14H,1-10H2,(H,15,19)(H,17,18). The molecule has 2 aliphatic rings. The quantitative estimate of drug-likeness (QED) is 0.707. The molecule has 19 heavy (non-hydrogen) atoms. The Hall–Kier alpha value is -1.30. The van der Waals surface area contributed by atoms with Crippen LogP contribution in [0.4, 0.5) is 4.79 Å². The van der Waals surface area contributed by atoms with Crippen molar-refractivity contribution in [3.63, 3.8) is 0 Å². The highest BCUT2D eigenvalue weighted by molar-refractivity contribution is 5.77. The number of piperazine rings is 1. The van der Waals surface area contributed by atoms with Crippen LogP contribution in [0.5, 0.6) is 0 Å². The molecule has 0 unspecified atom stereocenters. The molecule has 0 radical (unpaired) electrons. The first-order valence-corrected chi connectivity index (χ1v) is 7.11. The van der Waals surface area contributed by atoms with E-state index in [1.165, 1.54) is 0 Å². The van der Waals surface area contributed by atoms with Crippen molar-refractivity contribution in [2.45, 2.75) is 44.1 Å². The second-order valence-electron chi connectivity index (χ2n) is 5.58. The maximum atomic E-state index is 12.2. The molecular formula is C13H23N3O3. The van der Waals surface area contributed by atoms with Gasteiger partial charge in [-0.2, -0.15) is 0 Å². The number of nitrogens with zero attached hydrogens (tertiary/aromatic N) is 1. The molecule has 2 amide bonds. The van der Waals surface area contributed by atoms with E-state index in [0.29, 0.717) is 13.1 Å². The summed E-state index contributed by atoms with van der Waals surface area (Å²) < 4.78 is 0. The number of carboxylic acids is 1. The summed E-state index contributed by atoms with van der Waals surface area (Å²) in [5, 5.41) is 15.3. The van der Waals surface area contributed by atoms with E-state index < -0.39 is 11.5 Å². The van der Waals surface area contributed by atoms with Gasteiger partial charge < -0.3 is 20.6 Å². The highest BCUT2D eigenvalue weighted by atomic mass is 16.4. The third-order valence-electron chi connectivity index (χ3n) is 4.08. The van der Waals surface area contributed by atoms with E-state index in [9.17, 15) is 9.59 Å². The molecule has 2 fully saturated rings. The maximum absolute atomic E-state index is 12.2. The lowest BCUT2D eigenvalue weighted by molar-refractivity contribution is -0.139. The van der Waals surface area contributed by atoms with Gasteiger partial charge >= 0.3 is 12.0 Å². The Bertz CT molecular complexity index is 334. The van der Waals surface area contributed by atoms with Crippen molar-refractivity contribution in [2.24, 2.45) is 0 Å². The van der Waals surface area contributed by atoms with E-state index >= 15 is 0 Å². The topological polar surface area (TPSA) is 81.7 Å². The van der Waals surface area contributed by atoms with E-state index in [-0.39, 0.29) is 12.5 Å². The van der Waals surface area contributed by atoms with Crippen molar-refractivity contribution < 1.29 is 14.7 Å². The number of rotatable bonds is 3. The molecule has 6 heteroatoms. The molecule has 1 saturated carbocycles. The highest BCUT2D eigenvalue weighted by Gasteiger charge is 2.37. The Balaban J connectivity index is 1.98. The second-order valence-corrected chi connectivity index (χ2v) is 5.58. The fourth-order valence-electron chi connectivity index (χ4n) is 3.04. The van der Waals surface area contributed by atoms with Gasteiger partial charge in [0.05, 0.1) is 12.0 Å². The SMILES string of the molecule is O=C(O)CC1(NC(=O)N2CCNCC2)CCCCC1. The molecule has 0 spiro atoms. The van der Waals surface area contributed by atoms with Gasteiger partial charge in [-0.15, -0.1) is 0 Å². The van der Waals surface area contributed by atoms with E-state index in [1.807, 2.05) is 0 Å². The predicted molar refractivity (Wildman–Crippen MR) is 71.0 cm³/mol. The molecule has 0 aromatic heterocycles. The van der Waals surface area contributed by atoms with Crippen molar-refractivity contribution in [2.75, 3.05) is 26.2 Å². The number of carbonyl (C=O) groups is 2. The molecule has 6 nitrogen and oxygen atoms in total. The number of hydrogen-bond donors (Lipinski definition) is 3. The van der Waals surface area contributed by atoms with Crippen LogP contribution in [0, 0.1) is 0 Å². The molecule has 1 saturated heterocycles. The van der Waals surface area contributed by atoms with Crippen LogP contribution in [0.2, 0.25) is 0 Å². The van der Waals surface area contributed by atoms with Gasteiger partial charge in [-0.3, -0.25) is 4.79 Å². The van der Waals surface area contributed by atoms with Crippen LogP contribution in [0.1, 0.15) is 38.5 Å². The summed E-state index contributed by atoms with van der Waals surface area (Å²) in [6.07, 6.45) is 4.70. The van der Waals surface area contributed by atoms with E-state index in [2.05, 4.69) is 10.6 Å². The van der Waals surface area contributed by atoms with Crippen LogP contribution < -0.4 is 10.6 Å². The molecular weight excluding hydrogens is 246 g/mol.